The Morgan fingerprint density at radius 3 is 1.44 bits per heavy atom. The third-order valence-corrected chi connectivity index (χ3v) is 10.7. The molecule has 0 unspecified atom stereocenters. The van der Waals surface area contributed by atoms with E-state index in [1.807, 2.05) is 30.3 Å². The third kappa shape index (κ3) is 4.65. The van der Waals surface area contributed by atoms with Gasteiger partial charge in [-0.15, -0.1) is 11.3 Å². The molecule has 236 valence electrons. The second-order valence-electron chi connectivity index (χ2n) is 12.5. The number of fused-ring (bicyclic) bond motifs is 8. The van der Waals surface area contributed by atoms with Crippen molar-refractivity contribution in [2.75, 3.05) is 4.90 Å². The minimum absolute atomic E-state index is 0.703. The molecule has 0 bridgehead atoms. The fraction of sp³-hybridized carbons (Fsp3) is 0. The molecule has 4 heteroatoms. The molecule has 0 N–H and O–H groups in total. The van der Waals surface area contributed by atoms with Gasteiger partial charge in [0.15, 0.2) is 17.2 Å². The lowest BCUT2D eigenvalue weighted by atomic mass is 9.94. The average molecular weight is 660 g/mol. The summed E-state index contributed by atoms with van der Waals surface area (Å²) >= 11 is 1.68. The van der Waals surface area contributed by atoms with Crippen LogP contribution in [-0.4, -0.2) is 0 Å². The zero-order valence-electron chi connectivity index (χ0n) is 26.9. The summed E-state index contributed by atoms with van der Waals surface area (Å²) in [7, 11) is 0. The molecule has 0 saturated heterocycles. The van der Waals surface area contributed by atoms with E-state index in [9.17, 15) is 0 Å². The molecule has 9 aromatic rings. The Morgan fingerprint density at radius 1 is 0.360 bits per heavy atom. The Balaban J connectivity index is 1.23. The maximum atomic E-state index is 6.79. The van der Waals surface area contributed by atoms with E-state index in [-0.39, 0.29) is 0 Å². The van der Waals surface area contributed by atoms with Crippen molar-refractivity contribution in [1.82, 2.24) is 0 Å². The number of thiophene rings is 1. The van der Waals surface area contributed by atoms with Crippen LogP contribution in [0.3, 0.4) is 0 Å². The first-order chi connectivity index (χ1) is 24.8. The van der Waals surface area contributed by atoms with Gasteiger partial charge in [-0.3, -0.25) is 4.90 Å². The number of hydrogen-bond donors (Lipinski definition) is 0. The lowest BCUT2D eigenvalue weighted by molar-refractivity contribution is 0.364. The summed E-state index contributed by atoms with van der Waals surface area (Å²) in [5.74, 6) is 2.86. The fourth-order valence-electron chi connectivity index (χ4n) is 7.19. The smallest absolute Gasteiger partial charge is 0.205 e. The second kappa shape index (κ2) is 11.7. The van der Waals surface area contributed by atoms with E-state index >= 15 is 0 Å². The fourth-order valence-corrected chi connectivity index (χ4v) is 8.39. The lowest BCUT2D eigenvalue weighted by Gasteiger charge is -2.27. The summed E-state index contributed by atoms with van der Waals surface area (Å²) in [5.41, 5.74) is 5.50. The average Bonchev–Trinajstić information content (AvgIpc) is 3.55. The molecule has 0 radical (unpaired) electrons. The Labute approximate surface area is 293 Å². The Hall–Kier alpha value is -6.36. The highest BCUT2D eigenvalue weighted by molar-refractivity contribution is 7.20. The summed E-state index contributed by atoms with van der Waals surface area (Å²) in [4.78, 5) is 3.35. The molecule has 50 heavy (non-hydrogen) atoms. The zero-order chi connectivity index (χ0) is 33.0. The van der Waals surface area contributed by atoms with Crippen molar-refractivity contribution in [2.24, 2.45) is 0 Å². The van der Waals surface area contributed by atoms with Gasteiger partial charge >= 0.3 is 0 Å². The molecule has 0 fully saturated rings. The molecule has 3 nitrogen and oxygen atoms in total. The number of para-hydroxylation sites is 2. The van der Waals surface area contributed by atoms with E-state index in [2.05, 4.69) is 150 Å². The molecule has 0 atom stereocenters. The summed E-state index contributed by atoms with van der Waals surface area (Å²) in [6.45, 7) is 0. The molecular weight excluding hydrogens is 631 g/mol. The minimum Gasteiger partial charge on any atom is -0.448 e. The topological polar surface area (TPSA) is 21.7 Å². The summed E-state index contributed by atoms with van der Waals surface area (Å²) in [6.07, 6.45) is 0. The van der Waals surface area contributed by atoms with Crippen LogP contribution in [-0.2, 0) is 0 Å². The van der Waals surface area contributed by atoms with Crippen molar-refractivity contribution in [3.05, 3.63) is 176 Å². The zero-order valence-corrected chi connectivity index (χ0v) is 27.7. The van der Waals surface area contributed by atoms with Gasteiger partial charge in [-0.05, 0) is 85.4 Å². The summed E-state index contributed by atoms with van der Waals surface area (Å²) in [5, 5.41) is 8.38. The van der Waals surface area contributed by atoms with E-state index in [1.54, 1.807) is 11.3 Å². The van der Waals surface area contributed by atoms with Crippen molar-refractivity contribution < 1.29 is 9.47 Å². The van der Waals surface area contributed by atoms with Crippen molar-refractivity contribution in [1.29, 1.82) is 0 Å². The van der Waals surface area contributed by atoms with Gasteiger partial charge in [0.2, 0.25) is 5.75 Å². The van der Waals surface area contributed by atoms with Crippen molar-refractivity contribution >= 4 is 60.0 Å². The maximum Gasteiger partial charge on any atom is 0.205 e. The monoisotopic (exact) mass is 659 g/mol. The van der Waals surface area contributed by atoms with Gasteiger partial charge in [-0.25, -0.2) is 0 Å². The number of nitrogens with zero attached hydrogens (tertiary/aromatic N) is 1. The number of anilines is 3. The van der Waals surface area contributed by atoms with Crippen molar-refractivity contribution in [3.8, 4) is 44.6 Å². The first kappa shape index (κ1) is 28.6. The molecular formula is C46H29NO2S. The van der Waals surface area contributed by atoms with E-state index in [0.717, 1.165) is 38.1 Å². The van der Waals surface area contributed by atoms with Crippen LogP contribution in [0.5, 0.6) is 23.0 Å². The SMILES string of the molecule is c1ccc(-c2ccc(N(c3ccc4c5ccccc5c5ccccc5c4c3)c3sc(-c4ccccc4)c4c3Oc3ccccc3O4)cc2)cc1. The highest BCUT2D eigenvalue weighted by Crippen LogP contribution is 2.61. The minimum atomic E-state index is 0.703. The summed E-state index contributed by atoms with van der Waals surface area (Å²) < 4.78 is 13.5. The number of rotatable bonds is 5. The number of ether oxygens (including phenoxy) is 2. The normalized spacial score (nSPS) is 11.9. The van der Waals surface area contributed by atoms with Gasteiger partial charge in [0.25, 0.3) is 0 Å². The van der Waals surface area contributed by atoms with Gasteiger partial charge in [0.1, 0.15) is 5.00 Å². The third-order valence-electron chi connectivity index (χ3n) is 9.54. The van der Waals surface area contributed by atoms with Crippen LogP contribution in [0.1, 0.15) is 0 Å². The van der Waals surface area contributed by atoms with E-state index in [0.29, 0.717) is 17.2 Å². The first-order valence-electron chi connectivity index (χ1n) is 16.8. The molecule has 1 aliphatic rings. The van der Waals surface area contributed by atoms with Gasteiger partial charge in [0, 0.05) is 11.4 Å². The van der Waals surface area contributed by atoms with Crippen LogP contribution in [0.15, 0.2) is 176 Å². The van der Waals surface area contributed by atoms with E-state index in [4.69, 9.17) is 9.47 Å². The van der Waals surface area contributed by atoms with Gasteiger partial charge in [-0.2, -0.15) is 0 Å². The van der Waals surface area contributed by atoms with Gasteiger partial charge < -0.3 is 9.47 Å². The van der Waals surface area contributed by atoms with Crippen LogP contribution >= 0.6 is 11.3 Å². The molecule has 10 rings (SSSR count). The van der Waals surface area contributed by atoms with Crippen LogP contribution in [0, 0.1) is 0 Å². The number of hydrogen-bond acceptors (Lipinski definition) is 4. The molecule has 8 aromatic carbocycles. The standard InChI is InChI=1S/C46H29NO2S/c1-3-13-30(14-4-1)31-23-25-33(26-24-31)47(34-27-28-39-37-19-8-7-17-35(37)36-18-9-10-20-38(36)40(39)29-34)46-44-43(45(50-46)32-15-5-2-6-16-32)48-41-21-11-12-22-42(41)49-44/h1-29H. The van der Waals surface area contributed by atoms with E-state index < -0.39 is 0 Å². The number of benzene rings is 8. The molecule has 0 amide bonds. The van der Waals surface area contributed by atoms with Crippen LogP contribution in [0.2, 0.25) is 0 Å². The second-order valence-corrected chi connectivity index (χ2v) is 13.5. The van der Waals surface area contributed by atoms with Gasteiger partial charge in [-0.1, -0.05) is 140 Å². The van der Waals surface area contributed by atoms with E-state index in [1.165, 1.54) is 37.9 Å². The largest absolute Gasteiger partial charge is 0.448 e. The quantitative estimate of drug-likeness (QED) is 0.172. The first-order valence-corrected chi connectivity index (χ1v) is 17.6. The highest BCUT2D eigenvalue weighted by atomic mass is 32.1. The molecule has 0 aliphatic carbocycles. The van der Waals surface area contributed by atoms with Crippen molar-refractivity contribution in [2.45, 2.75) is 0 Å². The molecule has 2 heterocycles. The predicted octanol–water partition coefficient (Wildman–Crippen LogP) is 13.9. The maximum absolute atomic E-state index is 6.79. The predicted molar refractivity (Wildman–Crippen MR) is 209 cm³/mol. The Morgan fingerprint density at radius 2 is 0.820 bits per heavy atom. The van der Waals surface area contributed by atoms with Gasteiger partial charge in [0.05, 0.1) is 4.88 Å². The van der Waals surface area contributed by atoms with Crippen LogP contribution in [0.4, 0.5) is 16.4 Å². The van der Waals surface area contributed by atoms with Crippen molar-refractivity contribution in [3.63, 3.8) is 0 Å². The molecule has 0 saturated carbocycles. The van der Waals surface area contributed by atoms with Crippen LogP contribution < -0.4 is 14.4 Å². The van der Waals surface area contributed by atoms with Crippen LogP contribution in [0.25, 0.3) is 53.9 Å². The highest BCUT2D eigenvalue weighted by Gasteiger charge is 2.32. The Kier molecular flexibility index (Phi) is 6.68. The Bertz CT molecular complexity index is 2660. The molecule has 1 aliphatic heterocycles. The molecule has 1 aromatic heterocycles. The summed E-state index contributed by atoms with van der Waals surface area (Å²) in [6, 6.07) is 61.9. The molecule has 0 spiro atoms. The lowest BCUT2D eigenvalue weighted by Crippen LogP contribution is -2.10.